The lowest BCUT2D eigenvalue weighted by atomic mass is 9.98. The van der Waals surface area contributed by atoms with Crippen molar-refractivity contribution >= 4 is 10.9 Å². The molecular formula is C14H15NO. The highest BCUT2D eigenvalue weighted by Crippen LogP contribution is 2.34. The molecule has 1 N–H and O–H groups in total. The molecule has 0 spiro atoms. The Morgan fingerprint density at radius 3 is 2.75 bits per heavy atom. The minimum absolute atomic E-state index is 0.317. The Labute approximate surface area is 94.9 Å². The second-order valence-corrected chi connectivity index (χ2v) is 4.63. The number of benzene rings is 1. The standard InChI is InChI=1S/C14H15NO/c16-13-5-6-14-11(8-13)7-12(9-15-14)10-3-1-2-4-10/h5-10,16H,1-4H2. The molecule has 0 unspecified atom stereocenters. The Morgan fingerprint density at radius 1 is 1.12 bits per heavy atom. The van der Waals surface area contributed by atoms with Gasteiger partial charge in [0.15, 0.2) is 0 Å². The maximum Gasteiger partial charge on any atom is 0.116 e. The van der Waals surface area contributed by atoms with E-state index >= 15 is 0 Å². The fourth-order valence-electron chi connectivity index (χ4n) is 2.62. The minimum Gasteiger partial charge on any atom is -0.508 e. The van der Waals surface area contributed by atoms with Gasteiger partial charge in [-0.3, -0.25) is 4.98 Å². The lowest BCUT2D eigenvalue weighted by Crippen LogP contribution is -1.93. The number of hydrogen-bond acceptors (Lipinski definition) is 2. The summed E-state index contributed by atoms with van der Waals surface area (Å²) in [4.78, 5) is 4.46. The third-order valence-electron chi connectivity index (χ3n) is 3.51. The van der Waals surface area contributed by atoms with Crippen molar-refractivity contribution in [3.05, 3.63) is 36.0 Å². The predicted octanol–water partition coefficient (Wildman–Crippen LogP) is 3.60. The Kier molecular flexibility index (Phi) is 2.28. The average Bonchev–Trinajstić information content (AvgIpc) is 2.81. The molecule has 2 nitrogen and oxygen atoms in total. The average molecular weight is 213 g/mol. The van der Waals surface area contributed by atoms with Crippen LogP contribution in [0.25, 0.3) is 10.9 Å². The molecule has 1 saturated carbocycles. The smallest absolute Gasteiger partial charge is 0.116 e. The molecule has 16 heavy (non-hydrogen) atoms. The third-order valence-corrected chi connectivity index (χ3v) is 3.51. The maximum atomic E-state index is 9.46. The first-order valence-corrected chi connectivity index (χ1v) is 5.91. The van der Waals surface area contributed by atoms with Crippen LogP contribution in [0, 0.1) is 0 Å². The van der Waals surface area contributed by atoms with E-state index in [1.807, 2.05) is 12.3 Å². The van der Waals surface area contributed by atoms with Crippen LogP contribution < -0.4 is 0 Å². The van der Waals surface area contributed by atoms with Gasteiger partial charge in [-0.15, -0.1) is 0 Å². The Morgan fingerprint density at radius 2 is 1.94 bits per heavy atom. The lowest BCUT2D eigenvalue weighted by molar-refractivity contribution is 0.476. The summed E-state index contributed by atoms with van der Waals surface area (Å²) in [6, 6.07) is 7.52. The van der Waals surface area contributed by atoms with Crippen LogP contribution in [0.15, 0.2) is 30.5 Å². The highest BCUT2D eigenvalue weighted by atomic mass is 16.3. The normalized spacial score (nSPS) is 17.0. The van der Waals surface area contributed by atoms with Crippen LogP contribution in [0.1, 0.15) is 37.2 Å². The number of phenols is 1. The zero-order valence-electron chi connectivity index (χ0n) is 9.19. The number of nitrogens with zero attached hydrogens (tertiary/aromatic N) is 1. The van der Waals surface area contributed by atoms with Gasteiger partial charge >= 0.3 is 0 Å². The molecule has 2 aromatic rings. The van der Waals surface area contributed by atoms with Gasteiger partial charge in [0.25, 0.3) is 0 Å². The summed E-state index contributed by atoms with van der Waals surface area (Å²) < 4.78 is 0. The molecule has 0 amide bonds. The molecule has 82 valence electrons. The summed E-state index contributed by atoms with van der Waals surface area (Å²) in [7, 11) is 0. The number of aromatic nitrogens is 1. The number of fused-ring (bicyclic) bond motifs is 1. The van der Waals surface area contributed by atoms with Crippen molar-refractivity contribution in [3.8, 4) is 5.75 Å². The minimum atomic E-state index is 0.317. The molecule has 1 fully saturated rings. The van der Waals surface area contributed by atoms with Crippen LogP contribution in [-0.2, 0) is 0 Å². The third kappa shape index (κ3) is 1.64. The number of pyridine rings is 1. The fourth-order valence-corrected chi connectivity index (χ4v) is 2.62. The number of phenolic OH excluding ortho intramolecular Hbond substituents is 1. The largest absolute Gasteiger partial charge is 0.508 e. The van der Waals surface area contributed by atoms with Crippen LogP contribution in [0.3, 0.4) is 0 Å². The zero-order chi connectivity index (χ0) is 11.0. The zero-order valence-corrected chi connectivity index (χ0v) is 9.19. The van der Waals surface area contributed by atoms with Crippen LogP contribution in [0.2, 0.25) is 0 Å². The summed E-state index contributed by atoms with van der Waals surface area (Å²) in [5.41, 5.74) is 2.29. The molecule has 0 bridgehead atoms. The van der Waals surface area contributed by atoms with Gasteiger partial charge < -0.3 is 5.11 Å². The van der Waals surface area contributed by atoms with Crippen molar-refractivity contribution in [3.63, 3.8) is 0 Å². The van der Waals surface area contributed by atoms with Gasteiger partial charge in [-0.2, -0.15) is 0 Å². The highest BCUT2D eigenvalue weighted by Gasteiger charge is 2.17. The van der Waals surface area contributed by atoms with Gasteiger partial charge in [0.2, 0.25) is 0 Å². The SMILES string of the molecule is Oc1ccc2ncc(C3CCCC3)cc2c1. The van der Waals surface area contributed by atoms with Gasteiger partial charge in [-0.25, -0.2) is 0 Å². The Hall–Kier alpha value is -1.57. The molecule has 1 aromatic heterocycles. The van der Waals surface area contributed by atoms with Gasteiger partial charge in [0, 0.05) is 11.6 Å². The van der Waals surface area contributed by atoms with Gasteiger partial charge in [0.05, 0.1) is 5.52 Å². The van der Waals surface area contributed by atoms with E-state index in [9.17, 15) is 5.11 Å². The highest BCUT2D eigenvalue weighted by molar-refractivity contribution is 5.80. The van der Waals surface area contributed by atoms with E-state index in [4.69, 9.17) is 0 Å². The van der Waals surface area contributed by atoms with Gasteiger partial charge in [-0.05, 0) is 48.6 Å². The summed E-state index contributed by atoms with van der Waals surface area (Å²) in [5.74, 6) is 0.997. The molecule has 1 aliphatic rings. The molecule has 3 rings (SSSR count). The molecule has 2 heteroatoms. The first-order valence-electron chi connectivity index (χ1n) is 5.91. The monoisotopic (exact) mass is 213 g/mol. The predicted molar refractivity (Wildman–Crippen MR) is 64.6 cm³/mol. The Bertz CT molecular complexity index is 515. The van der Waals surface area contributed by atoms with Crippen molar-refractivity contribution in [2.45, 2.75) is 31.6 Å². The molecule has 0 aliphatic heterocycles. The van der Waals surface area contributed by atoms with Crippen molar-refractivity contribution in [2.24, 2.45) is 0 Å². The quantitative estimate of drug-likeness (QED) is 0.785. The van der Waals surface area contributed by atoms with Crippen LogP contribution in [-0.4, -0.2) is 10.1 Å². The second-order valence-electron chi connectivity index (χ2n) is 4.63. The molecule has 1 aliphatic carbocycles. The second kappa shape index (κ2) is 3.78. The van der Waals surface area contributed by atoms with E-state index in [1.165, 1.54) is 31.2 Å². The maximum absolute atomic E-state index is 9.46. The van der Waals surface area contributed by atoms with E-state index in [1.54, 1.807) is 12.1 Å². The summed E-state index contributed by atoms with van der Waals surface area (Å²) in [5, 5.41) is 10.5. The van der Waals surface area contributed by atoms with Crippen LogP contribution in [0.4, 0.5) is 0 Å². The molecule has 0 atom stereocenters. The van der Waals surface area contributed by atoms with Crippen LogP contribution in [0.5, 0.6) is 5.75 Å². The number of aromatic hydroxyl groups is 1. The Balaban J connectivity index is 2.07. The fraction of sp³-hybridized carbons (Fsp3) is 0.357. The molecular weight excluding hydrogens is 198 g/mol. The van der Waals surface area contributed by atoms with E-state index < -0.39 is 0 Å². The van der Waals surface area contributed by atoms with Crippen molar-refractivity contribution < 1.29 is 5.11 Å². The summed E-state index contributed by atoms with van der Waals surface area (Å²) in [6.07, 6.45) is 7.23. The number of hydrogen-bond donors (Lipinski definition) is 1. The van der Waals surface area contributed by atoms with Crippen molar-refractivity contribution in [1.82, 2.24) is 4.98 Å². The van der Waals surface area contributed by atoms with E-state index in [2.05, 4.69) is 11.1 Å². The van der Waals surface area contributed by atoms with Gasteiger partial charge in [-0.1, -0.05) is 12.8 Å². The first kappa shape index (κ1) is 9.64. The van der Waals surface area contributed by atoms with E-state index in [0.717, 1.165) is 10.9 Å². The van der Waals surface area contributed by atoms with Crippen molar-refractivity contribution in [1.29, 1.82) is 0 Å². The topological polar surface area (TPSA) is 33.1 Å². The van der Waals surface area contributed by atoms with Crippen molar-refractivity contribution in [2.75, 3.05) is 0 Å². The molecule has 1 aromatic carbocycles. The van der Waals surface area contributed by atoms with Crippen LogP contribution >= 0.6 is 0 Å². The first-order chi connectivity index (χ1) is 7.83. The van der Waals surface area contributed by atoms with E-state index in [0.29, 0.717) is 11.7 Å². The van der Waals surface area contributed by atoms with Gasteiger partial charge in [0.1, 0.15) is 5.75 Å². The lowest BCUT2D eigenvalue weighted by Gasteiger charge is -2.09. The summed E-state index contributed by atoms with van der Waals surface area (Å²) >= 11 is 0. The van der Waals surface area contributed by atoms with E-state index in [-0.39, 0.29) is 0 Å². The number of rotatable bonds is 1. The molecule has 1 heterocycles. The summed E-state index contributed by atoms with van der Waals surface area (Å²) in [6.45, 7) is 0. The molecule has 0 radical (unpaired) electrons. The molecule has 0 saturated heterocycles.